The number of carbonyl (C=O) groups is 1. The monoisotopic (exact) mass is 491 g/mol. The van der Waals surface area contributed by atoms with Gasteiger partial charge in [0.1, 0.15) is 6.10 Å². The second-order valence-corrected chi connectivity index (χ2v) is 10.6. The third-order valence-electron chi connectivity index (χ3n) is 5.83. The highest BCUT2D eigenvalue weighted by Crippen LogP contribution is 2.13. The number of rotatable bonds is 22. The lowest BCUT2D eigenvalue weighted by Crippen LogP contribution is -2.50. The fraction of sp³-hybridized carbons (Fsp3) is 0.880. The van der Waals surface area contributed by atoms with E-state index in [2.05, 4.69) is 31.3 Å². The van der Waals surface area contributed by atoms with E-state index >= 15 is 0 Å². The number of unbranched alkanes of at least 4 members (excludes halogenated alkanes) is 11. The molecule has 3 unspecified atom stereocenters. The number of hydrogen-bond donors (Lipinski definition) is 4. The van der Waals surface area contributed by atoms with Gasteiger partial charge in [0, 0.05) is 0 Å². The molecule has 0 aromatic rings. The van der Waals surface area contributed by atoms with Gasteiger partial charge in [0.05, 0.1) is 17.9 Å². The molecule has 0 aliphatic rings. The molecule has 4 N–H and O–H groups in total. The zero-order valence-corrected chi connectivity index (χ0v) is 21.7. The lowest BCUT2D eigenvalue weighted by Gasteiger charge is -2.24. The van der Waals surface area contributed by atoms with Crippen molar-refractivity contribution in [3.63, 3.8) is 0 Å². The van der Waals surface area contributed by atoms with Gasteiger partial charge in [-0.2, -0.15) is 8.42 Å². The Morgan fingerprint density at radius 2 is 1.27 bits per heavy atom. The molecule has 3 atom stereocenters. The van der Waals surface area contributed by atoms with E-state index in [0.29, 0.717) is 19.3 Å². The summed E-state index contributed by atoms with van der Waals surface area (Å²) in [6, 6.07) is -1.14. The van der Waals surface area contributed by atoms with E-state index in [0.717, 1.165) is 57.8 Å². The Morgan fingerprint density at radius 1 is 0.788 bits per heavy atom. The van der Waals surface area contributed by atoms with Gasteiger partial charge in [0.2, 0.25) is 5.91 Å². The SMILES string of the molecule is CCCCC/C=C\CCCCCCC(O)C(=O)NC(CS(=O)(=O)O)C(O)CCCCCCC. The van der Waals surface area contributed by atoms with Gasteiger partial charge in [-0.3, -0.25) is 9.35 Å². The van der Waals surface area contributed by atoms with Gasteiger partial charge in [0.25, 0.3) is 10.1 Å². The summed E-state index contributed by atoms with van der Waals surface area (Å²) in [6.45, 7) is 4.30. The number of nitrogens with one attached hydrogen (secondary N) is 1. The van der Waals surface area contributed by atoms with E-state index in [1.54, 1.807) is 0 Å². The Kier molecular flexibility index (Phi) is 19.8. The summed E-state index contributed by atoms with van der Waals surface area (Å²) in [4.78, 5) is 12.3. The largest absolute Gasteiger partial charge is 0.391 e. The topological polar surface area (TPSA) is 124 Å². The molecular weight excluding hydrogens is 442 g/mol. The van der Waals surface area contributed by atoms with Crippen LogP contribution in [0.5, 0.6) is 0 Å². The van der Waals surface area contributed by atoms with Crippen LogP contribution in [0.25, 0.3) is 0 Å². The maximum atomic E-state index is 12.3. The molecule has 0 radical (unpaired) electrons. The predicted octanol–water partition coefficient (Wildman–Crippen LogP) is 4.92. The van der Waals surface area contributed by atoms with Crippen LogP contribution in [0.2, 0.25) is 0 Å². The molecule has 0 saturated carbocycles. The van der Waals surface area contributed by atoms with Gasteiger partial charge in [-0.05, 0) is 38.5 Å². The van der Waals surface area contributed by atoms with Gasteiger partial charge in [0.15, 0.2) is 0 Å². The first-order valence-corrected chi connectivity index (χ1v) is 14.6. The molecular formula is C25H49NO6S. The van der Waals surface area contributed by atoms with Crippen LogP contribution in [0.3, 0.4) is 0 Å². The Hall–Kier alpha value is -0.960. The van der Waals surface area contributed by atoms with E-state index < -0.39 is 40.0 Å². The average molecular weight is 492 g/mol. The summed E-state index contributed by atoms with van der Waals surface area (Å²) in [5.41, 5.74) is 0. The van der Waals surface area contributed by atoms with Crippen molar-refractivity contribution in [2.24, 2.45) is 0 Å². The van der Waals surface area contributed by atoms with Crippen LogP contribution in [0.4, 0.5) is 0 Å². The molecule has 33 heavy (non-hydrogen) atoms. The van der Waals surface area contributed by atoms with Crippen molar-refractivity contribution in [3.05, 3.63) is 12.2 Å². The van der Waals surface area contributed by atoms with E-state index in [1.165, 1.54) is 19.3 Å². The molecule has 0 heterocycles. The molecule has 0 bridgehead atoms. The molecule has 0 saturated heterocycles. The highest BCUT2D eigenvalue weighted by molar-refractivity contribution is 7.85. The third kappa shape index (κ3) is 20.2. The minimum absolute atomic E-state index is 0.282. The van der Waals surface area contributed by atoms with E-state index in [4.69, 9.17) is 0 Å². The summed E-state index contributed by atoms with van der Waals surface area (Å²) < 4.78 is 31.8. The highest BCUT2D eigenvalue weighted by atomic mass is 32.2. The number of hydrogen-bond acceptors (Lipinski definition) is 5. The van der Waals surface area contributed by atoms with Crippen LogP contribution in [0, 0.1) is 0 Å². The van der Waals surface area contributed by atoms with Crippen molar-refractivity contribution in [1.82, 2.24) is 5.32 Å². The van der Waals surface area contributed by atoms with Crippen molar-refractivity contribution >= 4 is 16.0 Å². The minimum atomic E-state index is -4.38. The molecule has 0 aromatic heterocycles. The maximum Gasteiger partial charge on any atom is 0.266 e. The Labute approximate surface area is 202 Å². The van der Waals surface area contributed by atoms with Gasteiger partial charge in [-0.1, -0.05) is 90.2 Å². The molecule has 0 spiro atoms. The fourth-order valence-corrected chi connectivity index (χ4v) is 4.50. The van der Waals surface area contributed by atoms with Crippen LogP contribution in [0.1, 0.15) is 117 Å². The summed E-state index contributed by atoms with van der Waals surface area (Å²) in [6.07, 6.45) is 17.2. The number of carbonyl (C=O) groups excluding carboxylic acids is 1. The molecule has 0 fully saturated rings. The van der Waals surface area contributed by atoms with Crippen molar-refractivity contribution < 1.29 is 28.0 Å². The summed E-state index contributed by atoms with van der Waals surface area (Å²) in [7, 11) is -4.38. The molecule has 1 amide bonds. The van der Waals surface area contributed by atoms with Gasteiger partial charge >= 0.3 is 0 Å². The summed E-state index contributed by atoms with van der Waals surface area (Å²) in [5, 5.41) is 22.9. The number of amides is 1. The molecule has 0 aliphatic heterocycles. The number of aliphatic hydroxyl groups is 2. The van der Waals surface area contributed by atoms with Gasteiger partial charge in [-0.25, -0.2) is 0 Å². The second-order valence-electron chi connectivity index (χ2n) is 9.11. The van der Waals surface area contributed by atoms with Crippen molar-refractivity contribution in [1.29, 1.82) is 0 Å². The first-order chi connectivity index (χ1) is 15.7. The van der Waals surface area contributed by atoms with E-state index in [-0.39, 0.29) is 6.42 Å². The molecule has 0 aromatic carbocycles. The molecule has 0 rings (SSSR count). The normalized spacial score (nSPS) is 14.9. The molecule has 196 valence electrons. The zero-order chi connectivity index (χ0) is 25.0. The average Bonchev–Trinajstić information content (AvgIpc) is 2.75. The first kappa shape index (κ1) is 32.0. The minimum Gasteiger partial charge on any atom is -0.391 e. The lowest BCUT2D eigenvalue weighted by atomic mass is 10.0. The summed E-state index contributed by atoms with van der Waals surface area (Å²) in [5.74, 6) is -1.48. The predicted molar refractivity (Wildman–Crippen MR) is 135 cm³/mol. The Balaban J connectivity index is 4.24. The van der Waals surface area contributed by atoms with Gasteiger partial charge < -0.3 is 15.5 Å². The maximum absolute atomic E-state index is 12.3. The lowest BCUT2D eigenvalue weighted by molar-refractivity contribution is -0.131. The molecule has 7 nitrogen and oxygen atoms in total. The van der Waals surface area contributed by atoms with Crippen LogP contribution in [-0.2, 0) is 14.9 Å². The van der Waals surface area contributed by atoms with E-state index in [9.17, 15) is 28.0 Å². The highest BCUT2D eigenvalue weighted by Gasteiger charge is 2.28. The smallest absolute Gasteiger partial charge is 0.266 e. The van der Waals surface area contributed by atoms with Crippen molar-refractivity contribution in [2.45, 2.75) is 135 Å². The van der Waals surface area contributed by atoms with E-state index in [1.807, 2.05) is 0 Å². The van der Waals surface area contributed by atoms with Crippen LogP contribution in [-0.4, -0.2) is 53.1 Å². The number of allylic oxidation sites excluding steroid dienone is 2. The quantitative estimate of drug-likeness (QED) is 0.0968. The van der Waals surface area contributed by atoms with Crippen LogP contribution in [0.15, 0.2) is 12.2 Å². The Morgan fingerprint density at radius 3 is 1.85 bits per heavy atom. The van der Waals surface area contributed by atoms with Crippen molar-refractivity contribution in [3.8, 4) is 0 Å². The van der Waals surface area contributed by atoms with Gasteiger partial charge in [-0.15, -0.1) is 0 Å². The Bertz CT molecular complexity index is 608. The third-order valence-corrected chi connectivity index (χ3v) is 6.61. The molecule has 8 heteroatoms. The van der Waals surface area contributed by atoms with Crippen LogP contribution < -0.4 is 5.32 Å². The van der Waals surface area contributed by atoms with Crippen LogP contribution >= 0.6 is 0 Å². The van der Waals surface area contributed by atoms with Crippen molar-refractivity contribution in [2.75, 3.05) is 5.75 Å². The second kappa shape index (κ2) is 20.4. The standard InChI is InChI=1S/C25H49NO6S/c1-3-5-7-9-10-11-12-13-14-16-18-20-24(28)25(29)26-22(21-33(30,31)32)23(27)19-17-15-8-6-4-2/h10-11,22-24,27-28H,3-9,12-21H2,1-2H3,(H,26,29)(H,30,31,32)/b11-10-. The zero-order valence-electron chi connectivity index (χ0n) is 20.9. The first-order valence-electron chi connectivity index (χ1n) is 13.0. The summed E-state index contributed by atoms with van der Waals surface area (Å²) >= 11 is 0. The number of aliphatic hydroxyl groups excluding tert-OH is 2. The molecule has 0 aliphatic carbocycles. The fourth-order valence-electron chi connectivity index (χ4n) is 3.75.